The minimum absolute atomic E-state index is 0.00961. The fraction of sp³-hybridized carbons (Fsp3) is 0.387. The first kappa shape index (κ1) is 26.4. The predicted octanol–water partition coefficient (Wildman–Crippen LogP) is 5.62. The summed E-state index contributed by atoms with van der Waals surface area (Å²) in [4.78, 5) is 23.2. The van der Waals surface area contributed by atoms with Crippen LogP contribution < -0.4 is 4.74 Å². The minimum Gasteiger partial charge on any atom is -0.478 e. The molecule has 0 amide bonds. The molecule has 2 aliphatic heterocycles. The number of likely N-dealkylation sites (tertiary alicyclic amines) is 1. The zero-order valence-electron chi connectivity index (χ0n) is 22.6. The first-order valence-electron chi connectivity index (χ1n) is 13.9. The molecule has 2 aromatic heterocycles. The monoisotopic (exact) mass is 544 g/mol. The van der Waals surface area contributed by atoms with Crippen LogP contribution >= 0.6 is 0 Å². The van der Waals surface area contributed by atoms with Crippen LogP contribution in [0, 0.1) is 5.82 Å². The average Bonchev–Trinajstić information content (AvgIpc) is 3.61. The van der Waals surface area contributed by atoms with Crippen LogP contribution in [0.15, 0.2) is 54.6 Å². The van der Waals surface area contributed by atoms with Gasteiger partial charge in [0.1, 0.15) is 18.2 Å². The molecule has 4 heterocycles. The zero-order chi connectivity index (χ0) is 27.6. The van der Waals surface area contributed by atoms with Gasteiger partial charge < -0.3 is 19.1 Å². The lowest BCUT2D eigenvalue weighted by atomic mass is 9.93. The summed E-state index contributed by atoms with van der Waals surface area (Å²) < 4.78 is 28.3. The molecule has 2 saturated heterocycles. The number of aromatic nitrogens is 3. The van der Waals surface area contributed by atoms with Gasteiger partial charge in [-0.1, -0.05) is 18.2 Å². The molecule has 2 aliphatic rings. The summed E-state index contributed by atoms with van der Waals surface area (Å²) in [6.07, 6.45) is 3.85. The molecular weight excluding hydrogens is 511 g/mol. The maximum Gasteiger partial charge on any atom is 0.335 e. The predicted molar refractivity (Wildman–Crippen MR) is 148 cm³/mol. The number of nitrogens with zero attached hydrogens (tertiary/aromatic N) is 4. The second kappa shape index (κ2) is 11.3. The van der Waals surface area contributed by atoms with Crippen LogP contribution in [0.3, 0.4) is 0 Å². The fourth-order valence-corrected chi connectivity index (χ4v) is 5.71. The minimum atomic E-state index is -0.939. The van der Waals surface area contributed by atoms with Crippen LogP contribution in [-0.2, 0) is 24.9 Å². The van der Waals surface area contributed by atoms with E-state index in [2.05, 4.69) is 4.90 Å². The molecule has 2 fully saturated rings. The SMILES string of the molecule is Cn1c(CN2CCC(c3cccc(OCc4ccc(C5CCCO5)cc4F)n3)CC2)nc2ccc(C(=O)O)cc21. The molecule has 0 bridgehead atoms. The van der Waals surface area contributed by atoms with Gasteiger partial charge in [-0.3, -0.25) is 4.90 Å². The lowest BCUT2D eigenvalue weighted by Gasteiger charge is -2.31. The molecular formula is C31H33FN4O4. The van der Waals surface area contributed by atoms with Gasteiger partial charge in [0.15, 0.2) is 0 Å². The molecule has 2 aromatic carbocycles. The van der Waals surface area contributed by atoms with Crippen molar-refractivity contribution in [1.82, 2.24) is 19.4 Å². The number of hydrogen-bond acceptors (Lipinski definition) is 6. The Bertz CT molecular complexity index is 1520. The molecule has 9 heteroatoms. The summed E-state index contributed by atoms with van der Waals surface area (Å²) in [7, 11) is 1.93. The molecule has 208 valence electrons. The summed E-state index contributed by atoms with van der Waals surface area (Å²) in [6.45, 7) is 3.37. The molecule has 8 nitrogen and oxygen atoms in total. The first-order valence-corrected chi connectivity index (χ1v) is 13.9. The van der Waals surface area contributed by atoms with Crippen molar-refractivity contribution in [1.29, 1.82) is 0 Å². The van der Waals surface area contributed by atoms with Gasteiger partial charge >= 0.3 is 5.97 Å². The van der Waals surface area contributed by atoms with E-state index < -0.39 is 5.97 Å². The van der Waals surface area contributed by atoms with Gasteiger partial charge in [0, 0.05) is 36.9 Å². The number of ether oxygens (including phenoxy) is 2. The Hall–Kier alpha value is -3.82. The van der Waals surface area contributed by atoms with Gasteiger partial charge in [0.25, 0.3) is 0 Å². The summed E-state index contributed by atoms with van der Waals surface area (Å²) in [5.74, 6) is 0.523. The van der Waals surface area contributed by atoms with Gasteiger partial charge in [-0.05, 0) is 74.7 Å². The number of carboxylic acid groups (broad SMARTS) is 1. The number of aryl methyl sites for hydroxylation is 1. The quantitative estimate of drug-likeness (QED) is 0.308. The third-order valence-electron chi connectivity index (χ3n) is 8.09. The van der Waals surface area contributed by atoms with Gasteiger partial charge in [-0.2, -0.15) is 0 Å². The van der Waals surface area contributed by atoms with Crippen molar-refractivity contribution < 1.29 is 23.8 Å². The number of pyridine rings is 1. The Morgan fingerprint density at radius 1 is 1.10 bits per heavy atom. The Morgan fingerprint density at radius 3 is 2.70 bits per heavy atom. The van der Waals surface area contributed by atoms with E-state index in [9.17, 15) is 14.3 Å². The van der Waals surface area contributed by atoms with Gasteiger partial charge in [0.05, 0.1) is 29.2 Å². The third-order valence-corrected chi connectivity index (χ3v) is 8.09. The molecule has 6 rings (SSSR count). The third kappa shape index (κ3) is 5.57. The first-order chi connectivity index (χ1) is 19.4. The van der Waals surface area contributed by atoms with Crippen LogP contribution in [-0.4, -0.2) is 50.2 Å². The van der Waals surface area contributed by atoms with E-state index in [0.717, 1.165) is 73.5 Å². The number of carbonyl (C=O) groups is 1. The Balaban J connectivity index is 1.05. The molecule has 0 radical (unpaired) electrons. The van der Waals surface area contributed by atoms with Gasteiger partial charge in [-0.15, -0.1) is 0 Å². The van der Waals surface area contributed by atoms with Gasteiger partial charge in [-0.25, -0.2) is 19.2 Å². The van der Waals surface area contributed by atoms with Crippen LogP contribution in [0.5, 0.6) is 5.88 Å². The highest BCUT2D eigenvalue weighted by atomic mass is 19.1. The zero-order valence-corrected chi connectivity index (χ0v) is 22.6. The number of fused-ring (bicyclic) bond motifs is 1. The van der Waals surface area contributed by atoms with Gasteiger partial charge in [0.2, 0.25) is 5.88 Å². The van der Waals surface area contributed by atoms with E-state index in [1.807, 2.05) is 35.9 Å². The van der Waals surface area contributed by atoms with Crippen molar-refractivity contribution in [2.45, 2.75) is 50.9 Å². The highest BCUT2D eigenvalue weighted by molar-refractivity contribution is 5.92. The number of rotatable bonds is 8. The van der Waals surface area contributed by atoms with Crippen molar-refractivity contribution in [3.05, 3.63) is 88.6 Å². The van der Waals surface area contributed by atoms with E-state index >= 15 is 0 Å². The molecule has 1 unspecified atom stereocenters. The molecule has 1 atom stereocenters. The van der Waals surface area contributed by atoms with Crippen molar-refractivity contribution in [2.24, 2.45) is 7.05 Å². The van der Waals surface area contributed by atoms with E-state index in [1.165, 1.54) is 0 Å². The topological polar surface area (TPSA) is 89.7 Å². The molecule has 0 saturated carbocycles. The maximum absolute atomic E-state index is 14.7. The Morgan fingerprint density at radius 2 is 1.95 bits per heavy atom. The van der Waals surface area contributed by atoms with E-state index in [1.54, 1.807) is 30.3 Å². The normalized spacial score (nSPS) is 18.4. The molecule has 0 spiro atoms. The number of hydrogen-bond donors (Lipinski definition) is 1. The average molecular weight is 545 g/mol. The molecule has 4 aromatic rings. The second-order valence-electron chi connectivity index (χ2n) is 10.7. The molecule has 0 aliphatic carbocycles. The van der Waals surface area contributed by atoms with E-state index in [4.69, 9.17) is 19.4 Å². The number of carboxylic acids is 1. The van der Waals surface area contributed by atoms with E-state index in [-0.39, 0.29) is 24.1 Å². The number of halogens is 1. The Kier molecular flexibility index (Phi) is 7.49. The Labute approximate surface area is 232 Å². The van der Waals surface area contributed by atoms with Crippen molar-refractivity contribution >= 4 is 17.0 Å². The van der Waals surface area contributed by atoms with Crippen LogP contribution in [0.2, 0.25) is 0 Å². The number of aromatic carboxylic acids is 1. The van der Waals surface area contributed by atoms with Crippen molar-refractivity contribution in [2.75, 3.05) is 19.7 Å². The van der Waals surface area contributed by atoms with Crippen LogP contribution in [0.1, 0.15) is 70.7 Å². The standard InChI is InChI=1S/C31H33FN4O4/c1-35-27-17-22(31(37)38)9-10-26(27)33-29(35)18-36-13-11-20(12-14-36)25-4-2-6-30(34-25)40-19-23-8-7-21(16-24(23)32)28-5-3-15-39-28/h2,4,6-10,16-17,20,28H,3,5,11-15,18-19H2,1H3,(H,37,38). The highest BCUT2D eigenvalue weighted by Crippen LogP contribution is 2.31. The summed E-state index contributed by atoms with van der Waals surface area (Å²) in [5, 5.41) is 9.31. The molecule has 40 heavy (non-hydrogen) atoms. The lowest BCUT2D eigenvalue weighted by molar-refractivity contribution is 0.0697. The molecule has 1 N–H and O–H groups in total. The maximum atomic E-state index is 14.7. The second-order valence-corrected chi connectivity index (χ2v) is 10.7. The number of imidazole rings is 1. The lowest BCUT2D eigenvalue weighted by Crippen LogP contribution is -2.33. The fourth-order valence-electron chi connectivity index (χ4n) is 5.71. The largest absolute Gasteiger partial charge is 0.478 e. The summed E-state index contributed by atoms with van der Waals surface area (Å²) >= 11 is 0. The number of piperidine rings is 1. The smallest absolute Gasteiger partial charge is 0.335 e. The van der Waals surface area contributed by atoms with Crippen molar-refractivity contribution in [3.63, 3.8) is 0 Å². The number of benzene rings is 2. The van der Waals surface area contributed by atoms with E-state index in [0.29, 0.717) is 23.9 Å². The summed E-state index contributed by atoms with van der Waals surface area (Å²) in [5.41, 5.74) is 4.27. The van der Waals surface area contributed by atoms with Crippen LogP contribution in [0.25, 0.3) is 11.0 Å². The highest BCUT2D eigenvalue weighted by Gasteiger charge is 2.24. The van der Waals surface area contributed by atoms with Crippen LogP contribution in [0.4, 0.5) is 4.39 Å². The van der Waals surface area contributed by atoms with Crippen molar-refractivity contribution in [3.8, 4) is 5.88 Å². The summed E-state index contributed by atoms with van der Waals surface area (Å²) in [6, 6.07) is 16.1.